The van der Waals surface area contributed by atoms with Gasteiger partial charge in [-0.3, -0.25) is 4.79 Å². The first-order chi connectivity index (χ1) is 10.1. The van der Waals surface area contributed by atoms with Gasteiger partial charge in [-0.2, -0.15) is 0 Å². The number of pyridine rings is 1. The number of fused-ring (bicyclic) bond motifs is 1. The molecule has 1 aliphatic rings. The van der Waals surface area contributed by atoms with Crippen LogP contribution in [0.3, 0.4) is 0 Å². The predicted octanol–water partition coefficient (Wildman–Crippen LogP) is 2.23. The van der Waals surface area contributed by atoms with Crippen molar-refractivity contribution in [3.05, 3.63) is 34.3 Å². The number of anilines is 1. The number of benzene rings is 1. The third-order valence-electron chi connectivity index (χ3n) is 3.45. The van der Waals surface area contributed by atoms with E-state index in [0.29, 0.717) is 35.3 Å². The number of hydrogen-bond donors (Lipinski definition) is 1. The quantitative estimate of drug-likeness (QED) is 0.919. The second-order valence-electron chi connectivity index (χ2n) is 4.80. The van der Waals surface area contributed by atoms with Gasteiger partial charge in [0.1, 0.15) is 5.82 Å². The van der Waals surface area contributed by atoms with Crippen LogP contribution in [0.5, 0.6) is 0 Å². The van der Waals surface area contributed by atoms with Crippen LogP contribution in [0.25, 0.3) is 10.9 Å². The van der Waals surface area contributed by atoms with Crippen LogP contribution < -0.4 is 10.6 Å². The Morgan fingerprint density at radius 3 is 2.81 bits per heavy atom. The minimum atomic E-state index is -0.619. The standard InChI is InChI=1S/C14H13Cl2N3O2/c15-9-2-3-10(16)13-8(9)1-4-12(18-13)19-5-6-21-11(7-19)14(17)20/h1-4,11H,5-7H2,(H2,17,20)/t11-/m1/s1. The van der Waals surface area contributed by atoms with E-state index >= 15 is 0 Å². The number of amides is 1. The fraction of sp³-hybridized carbons (Fsp3) is 0.286. The lowest BCUT2D eigenvalue weighted by molar-refractivity contribution is -0.130. The first-order valence-corrected chi connectivity index (χ1v) is 7.22. The van der Waals surface area contributed by atoms with Crippen LogP contribution in [-0.4, -0.2) is 36.7 Å². The van der Waals surface area contributed by atoms with E-state index in [1.807, 2.05) is 17.0 Å². The van der Waals surface area contributed by atoms with Gasteiger partial charge in [-0.05, 0) is 24.3 Å². The van der Waals surface area contributed by atoms with Crippen LogP contribution in [0.15, 0.2) is 24.3 Å². The highest BCUT2D eigenvalue weighted by Gasteiger charge is 2.25. The van der Waals surface area contributed by atoms with E-state index in [1.165, 1.54) is 0 Å². The summed E-state index contributed by atoms with van der Waals surface area (Å²) in [5, 5.41) is 1.94. The molecule has 1 saturated heterocycles. The zero-order valence-corrected chi connectivity index (χ0v) is 12.6. The van der Waals surface area contributed by atoms with Crippen molar-refractivity contribution in [1.82, 2.24) is 4.98 Å². The molecule has 0 aliphatic carbocycles. The molecule has 0 unspecified atom stereocenters. The number of halogens is 2. The van der Waals surface area contributed by atoms with Crippen LogP contribution in [0.4, 0.5) is 5.82 Å². The summed E-state index contributed by atoms with van der Waals surface area (Å²) in [5.74, 6) is 0.253. The molecule has 0 saturated carbocycles. The minimum Gasteiger partial charge on any atom is -0.367 e. The number of morpholine rings is 1. The topological polar surface area (TPSA) is 68.5 Å². The van der Waals surface area contributed by atoms with Gasteiger partial charge in [-0.15, -0.1) is 0 Å². The molecule has 1 aromatic carbocycles. The predicted molar refractivity (Wildman–Crippen MR) is 82.9 cm³/mol. The highest BCUT2D eigenvalue weighted by molar-refractivity contribution is 6.39. The molecule has 0 radical (unpaired) electrons. The molecule has 1 atom stereocenters. The molecule has 7 heteroatoms. The van der Waals surface area contributed by atoms with E-state index in [9.17, 15) is 4.79 Å². The summed E-state index contributed by atoms with van der Waals surface area (Å²) < 4.78 is 5.33. The number of hydrogen-bond acceptors (Lipinski definition) is 4. The summed E-state index contributed by atoms with van der Waals surface area (Å²) in [4.78, 5) is 17.8. The first-order valence-electron chi connectivity index (χ1n) is 6.47. The first kappa shape index (κ1) is 14.4. The van der Waals surface area contributed by atoms with Crippen molar-refractivity contribution in [3.63, 3.8) is 0 Å². The van der Waals surface area contributed by atoms with Gasteiger partial charge in [0, 0.05) is 11.9 Å². The van der Waals surface area contributed by atoms with Gasteiger partial charge in [0.25, 0.3) is 0 Å². The average Bonchev–Trinajstić information content (AvgIpc) is 2.51. The van der Waals surface area contributed by atoms with Gasteiger partial charge in [-0.1, -0.05) is 23.2 Å². The lowest BCUT2D eigenvalue weighted by Gasteiger charge is -2.32. The lowest BCUT2D eigenvalue weighted by Crippen LogP contribution is -2.48. The Morgan fingerprint density at radius 1 is 1.29 bits per heavy atom. The smallest absolute Gasteiger partial charge is 0.248 e. The average molecular weight is 326 g/mol. The van der Waals surface area contributed by atoms with E-state index in [1.54, 1.807) is 12.1 Å². The van der Waals surface area contributed by atoms with Gasteiger partial charge >= 0.3 is 0 Å². The maximum Gasteiger partial charge on any atom is 0.248 e. The number of primary amides is 1. The number of carbonyl (C=O) groups excluding carboxylic acids is 1. The van der Waals surface area contributed by atoms with Gasteiger partial charge in [0.15, 0.2) is 6.10 Å². The zero-order chi connectivity index (χ0) is 15.0. The number of rotatable bonds is 2. The summed E-state index contributed by atoms with van der Waals surface area (Å²) in [6, 6.07) is 7.19. The Morgan fingerprint density at radius 2 is 2.05 bits per heavy atom. The third-order valence-corrected chi connectivity index (χ3v) is 4.08. The van der Waals surface area contributed by atoms with E-state index in [4.69, 9.17) is 33.7 Å². The van der Waals surface area contributed by atoms with E-state index < -0.39 is 12.0 Å². The molecule has 2 aromatic rings. The molecule has 1 aromatic heterocycles. The normalized spacial score (nSPS) is 19.0. The summed E-state index contributed by atoms with van der Waals surface area (Å²) in [6.07, 6.45) is -0.619. The number of nitrogens with two attached hydrogens (primary N) is 1. The molecule has 5 nitrogen and oxygen atoms in total. The molecule has 2 heterocycles. The maximum absolute atomic E-state index is 11.3. The summed E-state index contributed by atoms with van der Waals surface area (Å²) in [7, 11) is 0. The second kappa shape index (κ2) is 5.67. The van der Waals surface area contributed by atoms with Crippen molar-refractivity contribution in [1.29, 1.82) is 0 Å². The van der Waals surface area contributed by atoms with Crippen LogP contribution >= 0.6 is 23.2 Å². The Bertz CT molecular complexity index is 708. The molecule has 0 bridgehead atoms. The van der Waals surface area contributed by atoms with Crippen LogP contribution in [0.1, 0.15) is 0 Å². The number of carbonyl (C=O) groups is 1. The Hall–Kier alpha value is -1.56. The fourth-order valence-corrected chi connectivity index (χ4v) is 2.77. The van der Waals surface area contributed by atoms with Gasteiger partial charge in [-0.25, -0.2) is 4.98 Å². The van der Waals surface area contributed by atoms with Crippen molar-refractivity contribution in [3.8, 4) is 0 Å². The van der Waals surface area contributed by atoms with Crippen molar-refractivity contribution in [2.75, 3.05) is 24.6 Å². The van der Waals surface area contributed by atoms with E-state index in [2.05, 4.69) is 4.98 Å². The third kappa shape index (κ3) is 2.77. The second-order valence-corrected chi connectivity index (χ2v) is 5.62. The zero-order valence-electron chi connectivity index (χ0n) is 11.1. The Kier molecular flexibility index (Phi) is 3.89. The Labute approximate surface area is 131 Å². The van der Waals surface area contributed by atoms with Gasteiger partial charge in [0.2, 0.25) is 5.91 Å². The molecule has 2 N–H and O–H groups in total. The van der Waals surface area contributed by atoms with Crippen LogP contribution in [-0.2, 0) is 9.53 Å². The van der Waals surface area contributed by atoms with Gasteiger partial charge < -0.3 is 15.4 Å². The molecule has 1 aliphatic heterocycles. The largest absolute Gasteiger partial charge is 0.367 e. The van der Waals surface area contributed by atoms with E-state index in [0.717, 1.165) is 11.2 Å². The monoisotopic (exact) mass is 325 g/mol. The molecule has 21 heavy (non-hydrogen) atoms. The molecule has 110 valence electrons. The van der Waals surface area contributed by atoms with Crippen molar-refractivity contribution < 1.29 is 9.53 Å². The van der Waals surface area contributed by atoms with E-state index in [-0.39, 0.29) is 0 Å². The molecular weight excluding hydrogens is 313 g/mol. The number of nitrogens with zero attached hydrogens (tertiary/aromatic N) is 2. The summed E-state index contributed by atoms with van der Waals surface area (Å²) >= 11 is 12.3. The lowest BCUT2D eigenvalue weighted by atomic mass is 10.2. The highest BCUT2D eigenvalue weighted by Crippen LogP contribution is 2.30. The molecule has 3 rings (SSSR count). The minimum absolute atomic E-state index is 0.381. The van der Waals surface area contributed by atoms with Crippen LogP contribution in [0, 0.1) is 0 Å². The fourth-order valence-electron chi connectivity index (χ4n) is 2.34. The van der Waals surface area contributed by atoms with Crippen LogP contribution in [0.2, 0.25) is 10.0 Å². The number of ether oxygens (including phenoxy) is 1. The molecule has 0 spiro atoms. The van der Waals surface area contributed by atoms with Crippen molar-refractivity contribution in [2.45, 2.75) is 6.10 Å². The highest BCUT2D eigenvalue weighted by atomic mass is 35.5. The summed E-state index contributed by atoms with van der Waals surface area (Å²) in [6.45, 7) is 1.45. The maximum atomic E-state index is 11.3. The van der Waals surface area contributed by atoms with Crippen molar-refractivity contribution >= 4 is 45.8 Å². The van der Waals surface area contributed by atoms with Gasteiger partial charge in [0.05, 0.1) is 28.7 Å². The summed E-state index contributed by atoms with van der Waals surface area (Å²) in [5.41, 5.74) is 5.93. The molecule has 1 amide bonds. The van der Waals surface area contributed by atoms with Crippen molar-refractivity contribution in [2.24, 2.45) is 5.73 Å². The molecular formula is C14H13Cl2N3O2. The molecule has 1 fully saturated rings. The SMILES string of the molecule is NC(=O)[C@H]1CN(c2ccc3c(Cl)ccc(Cl)c3n2)CCO1. The Balaban J connectivity index is 1.97. The number of aromatic nitrogens is 1.